The molecule has 2 aromatic rings. The van der Waals surface area contributed by atoms with E-state index in [2.05, 4.69) is 48.9 Å². The molecule has 0 saturated heterocycles. The highest BCUT2D eigenvalue weighted by molar-refractivity contribution is 5.59. The van der Waals surface area contributed by atoms with E-state index in [1.807, 2.05) is 0 Å². The van der Waals surface area contributed by atoms with E-state index in [9.17, 15) is 0 Å². The highest BCUT2D eigenvalue weighted by Crippen LogP contribution is 2.29. The van der Waals surface area contributed by atoms with E-state index >= 15 is 0 Å². The van der Waals surface area contributed by atoms with Gasteiger partial charge >= 0.3 is 0 Å². The molecule has 0 amide bonds. The van der Waals surface area contributed by atoms with Crippen molar-refractivity contribution in [3.8, 4) is 11.3 Å². The van der Waals surface area contributed by atoms with Crippen molar-refractivity contribution in [1.82, 2.24) is 9.55 Å². The van der Waals surface area contributed by atoms with Crippen LogP contribution < -0.4 is 5.73 Å². The maximum absolute atomic E-state index is 6.09. The van der Waals surface area contributed by atoms with Crippen molar-refractivity contribution in [2.75, 3.05) is 0 Å². The monoisotopic (exact) mass is 269 g/mol. The third-order valence-corrected chi connectivity index (χ3v) is 4.12. The van der Waals surface area contributed by atoms with Crippen LogP contribution in [0.25, 0.3) is 11.3 Å². The van der Waals surface area contributed by atoms with Crippen LogP contribution >= 0.6 is 0 Å². The first-order chi connectivity index (χ1) is 9.67. The minimum Gasteiger partial charge on any atom is -0.332 e. The van der Waals surface area contributed by atoms with Crippen LogP contribution in [0.3, 0.4) is 0 Å². The molecule has 0 fully saturated rings. The van der Waals surface area contributed by atoms with Gasteiger partial charge in [-0.3, -0.25) is 0 Å². The Kier molecular flexibility index (Phi) is 3.62. The summed E-state index contributed by atoms with van der Waals surface area (Å²) in [6.45, 7) is 5.31. The fourth-order valence-electron chi connectivity index (χ4n) is 3.13. The van der Waals surface area contributed by atoms with Gasteiger partial charge < -0.3 is 10.3 Å². The Labute approximate surface area is 120 Å². The fraction of sp³-hybridized carbons (Fsp3) is 0.471. The van der Waals surface area contributed by atoms with E-state index in [1.165, 1.54) is 23.4 Å². The zero-order chi connectivity index (χ0) is 14.1. The summed E-state index contributed by atoms with van der Waals surface area (Å²) in [4.78, 5) is 4.82. The molecule has 2 N–H and O–H groups in total. The van der Waals surface area contributed by atoms with Gasteiger partial charge in [-0.25, -0.2) is 4.98 Å². The summed E-state index contributed by atoms with van der Waals surface area (Å²) in [6.07, 6.45) is 5.52. The second-order valence-corrected chi connectivity index (χ2v) is 5.98. The Hall–Kier alpha value is -1.61. The third-order valence-electron chi connectivity index (χ3n) is 4.12. The Morgan fingerprint density at radius 3 is 2.75 bits per heavy atom. The highest BCUT2D eigenvalue weighted by Gasteiger charge is 2.24. The minimum atomic E-state index is 0.256. The summed E-state index contributed by atoms with van der Waals surface area (Å²) in [6, 6.07) is 9.05. The van der Waals surface area contributed by atoms with Crippen LogP contribution in [0, 0.1) is 0 Å². The van der Waals surface area contributed by atoms with Gasteiger partial charge in [-0.15, -0.1) is 0 Å². The number of benzene rings is 1. The van der Waals surface area contributed by atoms with E-state index in [0.29, 0.717) is 5.92 Å². The Bertz CT molecular complexity index is 583. The maximum Gasteiger partial charge on any atom is 0.112 e. The number of aromatic nitrogens is 2. The van der Waals surface area contributed by atoms with Crippen LogP contribution in [-0.4, -0.2) is 15.6 Å². The van der Waals surface area contributed by atoms with Crippen molar-refractivity contribution in [2.45, 2.75) is 51.6 Å². The molecule has 2 atom stereocenters. The number of aryl methyl sites for hydroxylation is 1. The molecule has 3 heteroatoms. The zero-order valence-corrected chi connectivity index (χ0v) is 12.3. The van der Waals surface area contributed by atoms with Gasteiger partial charge in [0.1, 0.15) is 5.82 Å². The molecule has 0 aliphatic carbocycles. The van der Waals surface area contributed by atoms with Crippen molar-refractivity contribution in [3.63, 3.8) is 0 Å². The molecule has 2 unspecified atom stereocenters. The number of imidazole rings is 1. The summed E-state index contributed by atoms with van der Waals surface area (Å²) in [5.41, 5.74) is 9.77. The number of nitrogens with zero attached hydrogens (tertiary/aromatic N) is 2. The molecule has 1 aliphatic heterocycles. The van der Waals surface area contributed by atoms with Gasteiger partial charge in [0.15, 0.2) is 0 Å². The molecular weight excluding hydrogens is 246 g/mol. The molecule has 0 spiro atoms. The molecule has 1 aromatic heterocycles. The van der Waals surface area contributed by atoms with Crippen LogP contribution in [-0.2, 0) is 13.0 Å². The van der Waals surface area contributed by atoms with Gasteiger partial charge in [0.05, 0.1) is 5.69 Å². The van der Waals surface area contributed by atoms with Gasteiger partial charge in [-0.05, 0) is 18.4 Å². The first kappa shape index (κ1) is 13.4. The first-order valence-corrected chi connectivity index (χ1v) is 7.59. The fourth-order valence-corrected chi connectivity index (χ4v) is 3.13. The summed E-state index contributed by atoms with van der Waals surface area (Å²) in [5, 5.41) is 0. The Morgan fingerprint density at radius 2 is 2.05 bits per heavy atom. The summed E-state index contributed by atoms with van der Waals surface area (Å²) < 4.78 is 2.23. The summed E-state index contributed by atoms with van der Waals surface area (Å²) in [7, 11) is 0. The molecule has 0 bridgehead atoms. The molecule has 0 saturated carbocycles. The van der Waals surface area contributed by atoms with E-state index in [4.69, 9.17) is 10.7 Å². The van der Waals surface area contributed by atoms with E-state index in [1.54, 1.807) is 0 Å². The number of hydrogen-bond donors (Lipinski definition) is 1. The van der Waals surface area contributed by atoms with Gasteiger partial charge in [-0.1, -0.05) is 44.5 Å². The Morgan fingerprint density at radius 1 is 1.30 bits per heavy atom. The molecule has 0 radical (unpaired) electrons. The molecule has 3 nitrogen and oxygen atoms in total. The van der Waals surface area contributed by atoms with E-state index in [-0.39, 0.29) is 6.04 Å². The SMILES string of the molecule is CCCc1ccc(-c2cn3c(n2)C(C)CC(N)C3)cc1. The van der Waals surface area contributed by atoms with Crippen molar-refractivity contribution < 1.29 is 0 Å². The molecule has 2 heterocycles. The number of fused-ring (bicyclic) bond motifs is 1. The van der Waals surface area contributed by atoms with E-state index < -0.39 is 0 Å². The Balaban J connectivity index is 1.89. The van der Waals surface area contributed by atoms with E-state index in [0.717, 1.165) is 25.1 Å². The van der Waals surface area contributed by atoms with Crippen LogP contribution in [0.2, 0.25) is 0 Å². The molecular formula is C17H23N3. The second-order valence-electron chi connectivity index (χ2n) is 5.98. The third kappa shape index (κ3) is 2.50. The quantitative estimate of drug-likeness (QED) is 0.928. The lowest BCUT2D eigenvalue weighted by molar-refractivity contribution is 0.407. The predicted octanol–water partition coefficient (Wildman–Crippen LogP) is 3.34. The molecule has 3 rings (SSSR count). The second kappa shape index (κ2) is 5.41. The minimum absolute atomic E-state index is 0.256. The lowest BCUT2D eigenvalue weighted by atomic mass is 9.98. The number of hydrogen-bond acceptors (Lipinski definition) is 2. The van der Waals surface area contributed by atoms with Crippen LogP contribution in [0.15, 0.2) is 30.5 Å². The molecule has 106 valence electrons. The standard InChI is InChI=1S/C17H23N3/c1-3-4-13-5-7-14(8-6-13)16-11-20-10-15(18)9-12(2)17(20)19-16/h5-8,11-12,15H,3-4,9-10,18H2,1-2H3. The smallest absolute Gasteiger partial charge is 0.112 e. The molecule has 1 aromatic carbocycles. The van der Waals surface area contributed by atoms with Crippen molar-refractivity contribution in [3.05, 3.63) is 41.9 Å². The average Bonchev–Trinajstić information content (AvgIpc) is 2.84. The topological polar surface area (TPSA) is 43.8 Å². The lowest BCUT2D eigenvalue weighted by Crippen LogP contribution is -2.33. The highest BCUT2D eigenvalue weighted by atomic mass is 15.1. The largest absolute Gasteiger partial charge is 0.332 e. The van der Waals surface area contributed by atoms with Gasteiger partial charge in [0.25, 0.3) is 0 Å². The van der Waals surface area contributed by atoms with Gasteiger partial charge in [-0.2, -0.15) is 0 Å². The predicted molar refractivity (Wildman–Crippen MR) is 82.7 cm³/mol. The van der Waals surface area contributed by atoms with Crippen molar-refractivity contribution in [1.29, 1.82) is 0 Å². The zero-order valence-electron chi connectivity index (χ0n) is 12.3. The first-order valence-electron chi connectivity index (χ1n) is 7.59. The van der Waals surface area contributed by atoms with Gasteiger partial charge in [0.2, 0.25) is 0 Å². The van der Waals surface area contributed by atoms with Gasteiger partial charge in [0, 0.05) is 30.3 Å². The van der Waals surface area contributed by atoms with Crippen LogP contribution in [0.1, 0.15) is 44.0 Å². The summed E-state index contributed by atoms with van der Waals surface area (Å²) >= 11 is 0. The lowest BCUT2D eigenvalue weighted by Gasteiger charge is -2.25. The normalized spacial score (nSPS) is 21.8. The average molecular weight is 269 g/mol. The van der Waals surface area contributed by atoms with Crippen LogP contribution in [0.5, 0.6) is 0 Å². The summed E-state index contributed by atoms with van der Waals surface area (Å²) in [5.74, 6) is 1.63. The van der Waals surface area contributed by atoms with Crippen LogP contribution in [0.4, 0.5) is 0 Å². The number of nitrogens with two attached hydrogens (primary N) is 1. The van der Waals surface area contributed by atoms with Crippen molar-refractivity contribution >= 4 is 0 Å². The molecule has 20 heavy (non-hydrogen) atoms. The number of rotatable bonds is 3. The van der Waals surface area contributed by atoms with Crippen molar-refractivity contribution in [2.24, 2.45) is 5.73 Å². The maximum atomic E-state index is 6.09. The molecule has 1 aliphatic rings.